The van der Waals surface area contributed by atoms with Gasteiger partial charge in [-0.1, -0.05) is 11.6 Å². The topological polar surface area (TPSA) is 86.6 Å². The van der Waals surface area contributed by atoms with Crippen LogP contribution in [0.4, 0.5) is 5.69 Å². The van der Waals surface area contributed by atoms with Crippen molar-refractivity contribution >= 4 is 51.8 Å². The molecule has 0 fully saturated rings. The van der Waals surface area contributed by atoms with Crippen LogP contribution in [-0.2, 0) is 0 Å². The number of hydrogen-bond acceptors (Lipinski definition) is 3. The van der Waals surface area contributed by atoms with Crippen LogP contribution < -0.4 is 5.32 Å². The molecule has 0 radical (unpaired) electrons. The van der Waals surface area contributed by atoms with Gasteiger partial charge in [-0.15, -0.1) is 0 Å². The van der Waals surface area contributed by atoms with Crippen molar-refractivity contribution in [3.63, 3.8) is 0 Å². The van der Waals surface area contributed by atoms with Gasteiger partial charge in [-0.25, -0.2) is 4.79 Å². The molecule has 0 heterocycles. The summed E-state index contributed by atoms with van der Waals surface area (Å²) in [6.07, 6.45) is 0. The Morgan fingerprint density at radius 2 is 1.86 bits per heavy atom. The second kappa shape index (κ2) is 6.31. The summed E-state index contributed by atoms with van der Waals surface area (Å²) in [6.45, 7) is 0. The monoisotopic (exact) mass is 417 g/mol. The first-order chi connectivity index (χ1) is 9.88. The molecule has 21 heavy (non-hydrogen) atoms. The Balaban J connectivity index is 2.21. The second-order valence-corrected chi connectivity index (χ2v) is 5.69. The quantitative estimate of drug-likeness (QED) is 0.666. The zero-order chi connectivity index (χ0) is 15.6. The molecule has 0 unspecified atom stereocenters. The molecule has 7 heteroatoms. The third-order valence-electron chi connectivity index (χ3n) is 2.67. The van der Waals surface area contributed by atoms with Gasteiger partial charge in [0.2, 0.25) is 0 Å². The average Bonchev–Trinajstić information content (AvgIpc) is 2.41. The lowest BCUT2D eigenvalue weighted by atomic mass is 10.1. The van der Waals surface area contributed by atoms with Gasteiger partial charge in [0.05, 0.1) is 14.2 Å². The predicted molar refractivity (Wildman–Crippen MR) is 87.2 cm³/mol. The number of carboxylic acids is 1. The second-order valence-electron chi connectivity index (χ2n) is 4.12. The normalized spacial score (nSPS) is 10.2. The van der Waals surface area contributed by atoms with Gasteiger partial charge in [0.15, 0.2) is 0 Å². The van der Waals surface area contributed by atoms with Gasteiger partial charge < -0.3 is 15.5 Å². The van der Waals surface area contributed by atoms with E-state index in [1.807, 2.05) is 22.6 Å². The molecular weight excluding hydrogens is 409 g/mol. The highest BCUT2D eigenvalue weighted by Crippen LogP contribution is 2.23. The van der Waals surface area contributed by atoms with Crippen molar-refractivity contribution in [1.82, 2.24) is 0 Å². The van der Waals surface area contributed by atoms with Crippen molar-refractivity contribution in [3.8, 4) is 5.75 Å². The number of aromatic hydroxyl groups is 1. The molecule has 0 spiro atoms. The highest BCUT2D eigenvalue weighted by molar-refractivity contribution is 14.1. The SMILES string of the molecule is O=C(Nc1ccc(C(=O)O)c(Cl)c1)c1ccc(I)c(O)c1. The van der Waals surface area contributed by atoms with Crippen LogP contribution in [-0.4, -0.2) is 22.1 Å². The molecule has 0 saturated carbocycles. The summed E-state index contributed by atoms with van der Waals surface area (Å²) in [5.41, 5.74) is 0.612. The Bertz CT molecular complexity index is 733. The summed E-state index contributed by atoms with van der Waals surface area (Å²) >= 11 is 7.77. The van der Waals surface area contributed by atoms with Crippen LogP contribution in [0.1, 0.15) is 20.7 Å². The van der Waals surface area contributed by atoms with Crippen molar-refractivity contribution in [2.45, 2.75) is 0 Å². The smallest absolute Gasteiger partial charge is 0.337 e. The summed E-state index contributed by atoms with van der Waals surface area (Å²) < 4.78 is 0.637. The summed E-state index contributed by atoms with van der Waals surface area (Å²) in [4.78, 5) is 22.9. The largest absolute Gasteiger partial charge is 0.507 e. The summed E-state index contributed by atoms with van der Waals surface area (Å²) in [5, 5.41) is 21.1. The number of phenolic OH excluding ortho intramolecular Hbond substituents is 1. The first-order valence-electron chi connectivity index (χ1n) is 5.71. The van der Waals surface area contributed by atoms with E-state index in [2.05, 4.69) is 5.32 Å². The number of halogens is 2. The number of phenols is 1. The summed E-state index contributed by atoms with van der Waals surface area (Å²) in [5.74, 6) is -1.55. The Morgan fingerprint density at radius 3 is 2.43 bits per heavy atom. The van der Waals surface area contributed by atoms with Crippen LogP contribution in [0.2, 0.25) is 5.02 Å². The van der Waals surface area contributed by atoms with Gasteiger partial charge in [-0.2, -0.15) is 0 Å². The predicted octanol–water partition coefficient (Wildman–Crippen LogP) is 3.60. The maximum atomic E-state index is 12.0. The molecule has 2 rings (SSSR count). The van der Waals surface area contributed by atoms with Crippen LogP contribution in [0.15, 0.2) is 36.4 Å². The molecule has 0 saturated heterocycles. The molecular formula is C14H9ClINO4. The molecule has 0 aliphatic heterocycles. The fourth-order valence-electron chi connectivity index (χ4n) is 1.62. The zero-order valence-corrected chi connectivity index (χ0v) is 13.3. The zero-order valence-electron chi connectivity index (χ0n) is 10.4. The molecule has 0 atom stereocenters. The number of carboxylic acid groups (broad SMARTS) is 1. The lowest BCUT2D eigenvalue weighted by Gasteiger charge is -2.08. The van der Waals surface area contributed by atoms with E-state index in [4.69, 9.17) is 16.7 Å². The molecule has 0 bridgehead atoms. The standard InChI is InChI=1S/C14H9ClINO4/c15-10-6-8(2-3-9(10)14(20)21)17-13(19)7-1-4-11(16)12(18)5-7/h1-6,18H,(H,17,19)(H,20,21). The molecule has 0 aromatic heterocycles. The molecule has 0 aliphatic rings. The van der Waals surface area contributed by atoms with Crippen LogP contribution in [0.5, 0.6) is 5.75 Å². The number of carbonyl (C=O) groups excluding carboxylic acids is 1. The Labute approximate surface area is 138 Å². The van der Waals surface area contributed by atoms with Crippen molar-refractivity contribution in [3.05, 3.63) is 56.1 Å². The Kier molecular flexibility index (Phi) is 4.69. The first-order valence-corrected chi connectivity index (χ1v) is 7.17. The lowest BCUT2D eigenvalue weighted by Crippen LogP contribution is -2.12. The summed E-state index contributed by atoms with van der Waals surface area (Å²) in [6, 6.07) is 8.65. The van der Waals surface area contributed by atoms with E-state index >= 15 is 0 Å². The molecule has 2 aromatic rings. The molecule has 108 valence electrons. The minimum Gasteiger partial charge on any atom is -0.507 e. The van der Waals surface area contributed by atoms with Gasteiger partial charge >= 0.3 is 5.97 Å². The van der Waals surface area contributed by atoms with E-state index in [1.165, 1.54) is 24.3 Å². The van der Waals surface area contributed by atoms with Gasteiger partial charge in [0.25, 0.3) is 5.91 Å². The molecule has 5 nitrogen and oxygen atoms in total. The Hall–Kier alpha value is -1.80. The van der Waals surface area contributed by atoms with E-state index in [9.17, 15) is 14.7 Å². The first kappa shape index (κ1) is 15.6. The van der Waals surface area contributed by atoms with Crippen molar-refractivity contribution in [1.29, 1.82) is 0 Å². The number of anilines is 1. The number of aromatic carboxylic acids is 1. The van der Waals surface area contributed by atoms with Gasteiger partial charge in [0, 0.05) is 11.3 Å². The van der Waals surface area contributed by atoms with Crippen LogP contribution in [0.25, 0.3) is 0 Å². The fraction of sp³-hybridized carbons (Fsp3) is 0. The summed E-state index contributed by atoms with van der Waals surface area (Å²) in [7, 11) is 0. The number of nitrogens with one attached hydrogen (secondary N) is 1. The minimum atomic E-state index is -1.14. The molecule has 2 aromatic carbocycles. The average molecular weight is 418 g/mol. The number of amides is 1. The van der Waals surface area contributed by atoms with Crippen LogP contribution in [0, 0.1) is 3.57 Å². The molecule has 0 aliphatic carbocycles. The van der Waals surface area contributed by atoms with Crippen LogP contribution in [0.3, 0.4) is 0 Å². The highest BCUT2D eigenvalue weighted by atomic mass is 127. The van der Waals surface area contributed by atoms with E-state index < -0.39 is 11.9 Å². The minimum absolute atomic E-state index is 0.0162. The van der Waals surface area contributed by atoms with E-state index in [1.54, 1.807) is 12.1 Å². The fourth-order valence-corrected chi connectivity index (χ4v) is 2.22. The third kappa shape index (κ3) is 3.64. The Morgan fingerprint density at radius 1 is 1.14 bits per heavy atom. The maximum absolute atomic E-state index is 12.0. The molecule has 1 amide bonds. The van der Waals surface area contributed by atoms with Gasteiger partial charge in [0.1, 0.15) is 5.75 Å². The number of benzene rings is 2. The van der Waals surface area contributed by atoms with Gasteiger partial charge in [-0.3, -0.25) is 4.79 Å². The van der Waals surface area contributed by atoms with Crippen molar-refractivity contribution < 1.29 is 19.8 Å². The highest BCUT2D eigenvalue weighted by Gasteiger charge is 2.12. The van der Waals surface area contributed by atoms with E-state index in [0.717, 1.165) is 0 Å². The molecule has 3 N–H and O–H groups in total. The number of hydrogen-bond donors (Lipinski definition) is 3. The number of carbonyl (C=O) groups is 2. The van der Waals surface area contributed by atoms with Crippen LogP contribution >= 0.6 is 34.2 Å². The van der Waals surface area contributed by atoms with Crippen molar-refractivity contribution in [2.75, 3.05) is 5.32 Å². The third-order valence-corrected chi connectivity index (χ3v) is 3.89. The number of rotatable bonds is 3. The van der Waals surface area contributed by atoms with Gasteiger partial charge in [-0.05, 0) is 59.0 Å². The maximum Gasteiger partial charge on any atom is 0.337 e. The lowest BCUT2D eigenvalue weighted by molar-refractivity contribution is 0.0697. The van der Waals surface area contributed by atoms with E-state index in [-0.39, 0.29) is 21.9 Å². The van der Waals surface area contributed by atoms with E-state index in [0.29, 0.717) is 9.26 Å². The van der Waals surface area contributed by atoms with Crippen molar-refractivity contribution in [2.24, 2.45) is 0 Å².